The summed E-state index contributed by atoms with van der Waals surface area (Å²) in [4.78, 5) is 13.6. The summed E-state index contributed by atoms with van der Waals surface area (Å²) in [7, 11) is 0. The van der Waals surface area contributed by atoms with E-state index in [0.29, 0.717) is 0 Å². The Labute approximate surface area is 154 Å². The first-order chi connectivity index (χ1) is 11.1. The van der Waals surface area contributed by atoms with E-state index in [0.717, 1.165) is 43.2 Å². The lowest BCUT2D eigenvalue weighted by Crippen LogP contribution is -2.32. The van der Waals surface area contributed by atoms with Gasteiger partial charge in [0.1, 0.15) is 0 Å². The summed E-state index contributed by atoms with van der Waals surface area (Å²) < 4.78 is 0. The van der Waals surface area contributed by atoms with E-state index < -0.39 is 0 Å². The number of carbonyl (C=O) groups excluding carboxylic acids is 1. The van der Waals surface area contributed by atoms with Crippen LogP contribution in [0, 0.1) is 0 Å². The Kier molecular flexibility index (Phi) is 6.67. The van der Waals surface area contributed by atoms with E-state index >= 15 is 0 Å². The van der Waals surface area contributed by atoms with Gasteiger partial charge in [0, 0.05) is 37.3 Å². The van der Waals surface area contributed by atoms with E-state index in [-0.39, 0.29) is 18.3 Å². The van der Waals surface area contributed by atoms with E-state index in [4.69, 9.17) is 11.6 Å². The second kappa shape index (κ2) is 8.52. The van der Waals surface area contributed by atoms with Gasteiger partial charge in [-0.25, -0.2) is 0 Å². The van der Waals surface area contributed by atoms with Crippen molar-refractivity contribution in [1.29, 1.82) is 0 Å². The fraction of sp³-hybridized carbons (Fsp3) is 0.316. The molecule has 24 heavy (non-hydrogen) atoms. The lowest BCUT2D eigenvalue weighted by atomic mass is 9.98. The highest BCUT2D eigenvalue weighted by Gasteiger charge is 2.16. The van der Waals surface area contributed by atoms with Crippen LogP contribution >= 0.6 is 24.0 Å². The summed E-state index contributed by atoms with van der Waals surface area (Å²) >= 11 is 6.04. The number of nitrogens with zero attached hydrogens (tertiary/aromatic N) is 1. The minimum Gasteiger partial charge on any atom is -0.326 e. The molecule has 1 heterocycles. The number of fused-ring (bicyclic) bond motifs is 1. The zero-order valence-corrected chi connectivity index (χ0v) is 15.3. The maximum atomic E-state index is 11.1. The molecule has 128 valence electrons. The van der Waals surface area contributed by atoms with Crippen molar-refractivity contribution in [3.05, 3.63) is 64.2 Å². The number of nitrogens with one attached hydrogen (secondary N) is 1. The van der Waals surface area contributed by atoms with Crippen LogP contribution in [0.2, 0.25) is 5.02 Å². The Morgan fingerprint density at radius 2 is 2.04 bits per heavy atom. The van der Waals surface area contributed by atoms with E-state index in [1.54, 1.807) is 0 Å². The summed E-state index contributed by atoms with van der Waals surface area (Å²) in [6, 6.07) is 14.3. The molecule has 2 aromatic rings. The monoisotopic (exact) mass is 364 g/mol. The molecule has 0 aliphatic carbocycles. The first-order valence-electron chi connectivity index (χ1n) is 7.96. The molecule has 1 aliphatic heterocycles. The predicted molar refractivity (Wildman–Crippen MR) is 102 cm³/mol. The first-order valence-corrected chi connectivity index (χ1v) is 8.34. The fourth-order valence-electron chi connectivity index (χ4n) is 3.06. The molecule has 1 aliphatic rings. The molecule has 1 N–H and O–H groups in total. The minimum atomic E-state index is -0.0242. The molecule has 0 saturated heterocycles. The van der Waals surface area contributed by atoms with Gasteiger partial charge in [0.25, 0.3) is 0 Å². The van der Waals surface area contributed by atoms with Crippen LogP contribution in [0.5, 0.6) is 0 Å². The predicted octanol–water partition coefficient (Wildman–Crippen LogP) is 4.32. The third-order valence-corrected chi connectivity index (χ3v) is 4.46. The molecule has 0 aromatic heterocycles. The Morgan fingerprint density at radius 1 is 1.21 bits per heavy atom. The van der Waals surface area contributed by atoms with Crippen molar-refractivity contribution in [3.63, 3.8) is 0 Å². The summed E-state index contributed by atoms with van der Waals surface area (Å²) in [5.74, 6) is -0.0242. The van der Waals surface area contributed by atoms with Crippen molar-refractivity contribution in [2.45, 2.75) is 26.3 Å². The van der Waals surface area contributed by atoms with Crippen LogP contribution in [0.4, 0.5) is 5.69 Å². The molecule has 0 saturated carbocycles. The number of amides is 1. The SMILES string of the molecule is CC(=O)Nc1ccc2c(c1)CCN(CCc1cccc(Cl)c1)C2.Cl. The molecule has 2 aromatic carbocycles. The average molecular weight is 365 g/mol. The third kappa shape index (κ3) is 4.97. The minimum absolute atomic E-state index is 0. The average Bonchev–Trinajstić information content (AvgIpc) is 2.52. The number of rotatable bonds is 4. The molecule has 0 unspecified atom stereocenters. The van der Waals surface area contributed by atoms with Crippen LogP contribution in [0.15, 0.2) is 42.5 Å². The van der Waals surface area contributed by atoms with Crippen LogP contribution in [0.1, 0.15) is 23.6 Å². The van der Waals surface area contributed by atoms with Crippen molar-refractivity contribution >= 4 is 35.6 Å². The topological polar surface area (TPSA) is 32.3 Å². The molecule has 3 nitrogen and oxygen atoms in total. The van der Waals surface area contributed by atoms with Crippen molar-refractivity contribution in [1.82, 2.24) is 4.90 Å². The van der Waals surface area contributed by atoms with Gasteiger partial charge in [-0.3, -0.25) is 9.69 Å². The largest absolute Gasteiger partial charge is 0.326 e. The molecular formula is C19H22Cl2N2O. The molecule has 0 atom stereocenters. The van der Waals surface area contributed by atoms with Crippen LogP contribution < -0.4 is 5.32 Å². The highest BCUT2D eigenvalue weighted by Crippen LogP contribution is 2.23. The number of benzene rings is 2. The van der Waals surface area contributed by atoms with Crippen LogP contribution in [0.25, 0.3) is 0 Å². The van der Waals surface area contributed by atoms with Crippen LogP contribution in [-0.4, -0.2) is 23.9 Å². The fourth-order valence-corrected chi connectivity index (χ4v) is 3.28. The van der Waals surface area contributed by atoms with E-state index in [1.807, 2.05) is 24.3 Å². The molecule has 0 fully saturated rings. The summed E-state index contributed by atoms with van der Waals surface area (Å²) in [6.45, 7) is 4.59. The van der Waals surface area contributed by atoms with Crippen molar-refractivity contribution in [3.8, 4) is 0 Å². The number of anilines is 1. The van der Waals surface area contributed by atoms with Crippen molar-refractivity contribution < 1.29 is 4.79 Å². The van der Waals surface area contributed by atoms with Gasteiger partial charge in [-0.05, 0) is 53.8 Å². The molecule has 0 spiro atoms. The highest BCUT2D eigenvalue weighted by molar-refractivity contribution is 6.30. The second-order valence-corrected chi connectivity index (χ2v) is 6.51. The number of halogens is 2. The number of hydrogen-bond donors (Lipinski definition) is 1. The maximum Gasteiger partial charge on any atom is 0.221 e. The summed E-state index contributed by atoms with van der Waals surface area (Å²) in [6.07, 6.45) is 2.04. The van der Waals surface area contributed by atoms with Gasteiger partial charge in [0.05, 0.1) is 0 Å². The molecule has 3 rings (SSSR count). The standard InChI is InChI=1S/C19H21ClN2O.ClH/c1-14(23)21-19-6-5-17-13-22(10-8-16(17)12-19)9-7-15-3-2-4-18(20)11-15;/h2-6,11-12H,7-10,13H2,1H3,(H,21,23);1H. The normalized spacial score (nSPS) is 13.8. The van der Waals surface area contributed by atoms with Crippen LogP contribution in [-0.2, 0) is 24.2 Å². The van der Waals surface area contributed by atoms with E-state index in [1.165, 1.54) is 23.6 Å². The van der Waals surface area contributed by atoms with E-state index in [9.17, 15) is 4.79 Å². The smallest absolute Gasteiger partial charge is 0.221 e. The Balaban J connectivity index is 0.00000208. The summed E-state index contributed by atoms with van der Waals surface area (Å²) in [5.41, 5.74) is 4.87. The van der Waals surface area contributed by atoms with Gasteiger partial charge in [-0.1, -0.05) is 29.8 Å². The Bertz CT molecular complexity index is 718. The van der Waals surface area contributed by atoms with E-state index in [2.05, 4.69) is 28.4 Å². The zero-order chi connectivity index (χ0) is 16.2. The van der Waals surface area contributed by atoms with Crippen molar-refractivity contribution in [2.75, 3.05) is 18.4 Å². The second-order valence-electron chi connectivity index (χ2n) is 6.07. The van der Waals surface area contributed by atoms with Gasteiger partial charge < -0.3 is 5.32 Å². The van der Waals surface area contributed by atoms with Gasteiger partial charge in [-0.2, -0.15) is 0 Å². The summed E-state index contributed by atoms with van der Waals surface area (Å²) in [5, 5.41) is 3.66. The first kappa shape index (κ1) is 18.8. The Hall–Kier alpha value is -1.55. The highest BCUT2D eigenvalue weighted by atomic mass is 35.5. The Morgan fingerprint density at radius 3 is 2.79 bits per heavy atom. The quantitative estimate of drug-likeness (QED) is 0.875. The van der Waals surface area contributed by atoms with Crippen LogP contribution in [0.3, 0.4) is 0 Å². The molecule has 1 amide bonds. The third-order valence-electron chi connectivity index (χ3n) is 4.22. The molecule has 5 heteroatoms. The van der Waals surface area contributed by atoms with Gasteiger partial charge in [-0.15, -0.1) is 12.4 Å². The molecule has 0 radical (unpaired) electrons. The van der Waals surface area contributed by atoms with Gasteiger partial charge in [0.2, 0.25) is 5.91 Å². The molecule has 0 bridgehead atoms. The maximum absolute atomic E-state index is 11.1. The number of carbonyl (C=O) groups is 1. The zero-order valence-electron chi connectivity index (χ0n) is 13.7. The lowest BCUT2D eigenvalue weighted by molar-refractivity contribution is -0.114. The van der Waals surface area contributed by atoms with Crippen molar-refractivity contribution in [2.24, 2.45) is 0 Å². The van der Waals surface area contributed by atoms with Gasteiger partial charge >= 0.3 is 0 Å². The number of hydrogen-bond acceptors (Lipinski definition) is 2. The lowest BCUT2D eigenvalue weighted by Gasteiger charge is -2.29. The molecular weight excluding hydrogens is 343 g/mol. The van der Waals surface area contributed by atoms with Gasteiger partial charge in [0.15, 0.2) is 0 Å².